The zero-order valence-electron chi connectivity index (χ0n) is 36.6. The molecule has 1 aliphatic carbocycles. The van der Waals surface area contributed by atoms with Gasteiger partial charge in [0.15, 0.2) is 0 Å². The van der Waals surface area contributed by atoms with E-state index in [9.17, 15) is 14.4 Å². The second-order valence-corrected chi connectivity index (χ2v) is 17.8. The van der Waals surface area contributed by atoms with Crippen LogP contribution >= 0.6 is 11.6 Å². The average Bonchev–Trinajstić information content (AvgIpc) is 3.81. The number of piperidine rings is 1. The molecule has 8 rings (SSSR count). The summed E-state index contributed by atoms with van der Waals surface area (Å²) < 4.78 is 26.3. The van der Waals surface area contributed by atoms with Gasteiger partial charge in [0.2, 0.25) is 5.91 Å². The van der Waals surface area contributed by atoms with Crippen molar-refractivity contribution in [3.8, 4) is 33.6 Å². The number of aromatic amines is 1. The monoisotopic (exact) mass is 886 g/mol. The van der Waals surface area contributed by atoms with Crippen LogP contribution < -0.4 is 20.9 Å². The van der Waals surface area contributed by atoms with Crippen LogP contribution in [0.2, 0.25) is 5.02 Å². The number of anilines is 2. The molecule has 0 saturated carbocycles. The number of aryl methyl sites for hydroxylation is 1. The van der Waals surface area contributed by atoms with Gasteiger partial charge in [0.05, 0.1) is 22.3 Å². The number of imidazole rings is 1. The molecule has 0 radical (unpaired) electrons. The Hall–Kier alpha value is -6.67. The number of benzene rings is 4. The van der Waals surface area contributed by atoms with E-state index in [4.69, 9.17) is 31.0 Å². The Morgan fingerprint density at radius 3 is 2.33 bits per heavy atom. The van der Waals surface area contributed by atoms with Gasteiger partial charge in [-0.25, -0.2) is 23.9 Å². The number of aromatic nitrogens is 3. The molecule has 13 nitrogen and oxygen atoms in total. The lowest BCUT2D eigenvalue weighted by atomic mass is 9.96. The number of nitrogens with one attached hydrogen (secondary N) is 4. The summed E-state index contributed by atoms with van der Waals surface area (Å²) in [5, 5.41) is 9.87. The van der Waals surface area contributed by atoms with E-state index in [2.05, 4.69) is 50.1 Å². The summed E-state index contributed by atoms with van der Waals surface area (Å²) in [6.07, 6.45) is 1.91. The van der Waals surface area contributed by atoms with Crippen molar-refractivity contribution >= 4 is 52.2 Å². The van der Waals surface area contributed by atoms with Gasteiger partial charge in [0, 0.05) is 62.0 Å². The van der Waals surface area contributed by atoms with Gasteiger partial charge in [0.25, 0.3) is 0 Å². The van der Waals surface area contributed by atoms with Crippen LogP contribution in [-0.4, -0.2) is 96.0 Å². The Kier molecular flexibility index (Phi) is 12.8. The average molecular weight is 887 g/mol. The van der Waals surface area contributed by atoms with Crippen molar-refractivity contribution in [1.29, 1.82) is 0 Å². The molecule has 4 aromatic carbocycles. The van der Waals surface area contributed by atoms with Crippen LogP contribution in [0.5, 0.6) is 0 Å². The van der Waals surface area contributed by atoms with Gasteiger partial charge < -0.3 is 40.2 Å². The third kappa shape index (κ3) is 9.92. The van der Waals surface area contributed by atoms with E-state index in [1.54, 1.807) is 18.3 Å². The summed E-state index contributed by atoms with van der Waals surface area (Å²) in [5.41, 5.74) is 8.78. The second-order valence-electron chi connectivity index (χ2n) is 17.4. The highest BCUT2D eigenvalue weighted by Gasteiger charge is 2.31. The largest absolute Gasteiger partial charge is 0.448 e. The van der Waals surface area contributed by atoms with Crippen molar-refractivity contribution in [2.45, 2.75) is 58.1 Å². The topological polar surface area (TPSA) is 154 Å². The smallest absolute Gasteiger partial charge is 0.409 e. The van der Waals surface area contributed by atoms with Crippen LogP contribution in [0, 0.1) is 12.7 Å². The van der Waals surface area contributed by atoms with Crippen LogP contribution in [-0.2, 0) is 14.3 Å². The highest BCUT2D eigenvalue weighted by molar-refractivity contribution is 6.31. The summed E-state index contributed by atoms with van der Waals surface area (Å²) >= 11 is 6.39. The lowest BCUT2D eigenvalue weighted by molar-refractivity contribution is -0.121. The number of pyridine rings is 1. The van der Waals surface area contributed by atoms with Crippen LogP contribution in [0.15, 0.2) is 91.1 Å². The van der Waals surface area contributed by atoms with Crippen molar-refractivity contribution in [3.63, 3.8) is 0 Å². The van der Waals surface area contributed by atoms with Gasteiger partial charge in [-0.05, 0) is 104 Å². The van der Waals surface area contributed by atoms with Crippen molar-refractivity contribution in [2.75, 3.05) is 56.6 Å². The Balaban J connectivity index is 0.988. The van der Waals surface area contributed by atoms with E-state index in [0.29, 0.717) is 64.8 Å². The quantitative estimate of drug-likeness (QED) is 0.0881. The number of ether oxygens (including phenoxy) is 2. The van der Waals surface area contributed by atoms with Crippen LogP contribution in [0.4, 0.5) is 25.5 Å². The molecule has 3 amide bonds. The molecule has 15 heteroatoms. The molecule has 2 aliphatic rings. The number of amides is 3. The van der Waals surface area contributed by atoms with Crippen molar-refractivity contribution in [3.05, 3.63) is 119 Å². The van der Waals surface area contributed by atoms with Crippen LogP contribution in [0.25, 0.3) is 44.7 Å². The Morgan fingerprint density at radius 2 is 1.64 bits per heavy atom. The minimum atomic E-state index is -0.626. The van der Waals surface area contributed by atoms with Crippen molar-refractivity contribution in [2.24, 2.45) is 0 Å². The third-order valence-corrected chi connectivity index (χ3v) is 11.6. The molecule has 1 aliphatic heterocycles. The minimum absolute atomic E-state index is 0.0962. The summed E-state index contributed by atoms with van der Waals surface area (Å²) in [5.74, 6) is 0.168. The van der Waals surface area contributed by atoms with E-state index >= 15 is 4.39 Å². The molecule has 1 fully saturated rings. The first-order valence-electron chi connectivity index (χ1n) is 21.5. The predicted octanol–water partition coefficient (Wildman–Crippen LogP) is 9.30. The first-order valence-corrected chi connectivity index (χ1v) is 21.9. The number of carbonyl (C=O) groups excluding carboxylic acids is 3. The number of fused-ring (bicyclic) bond motifs is 4. The zero-order chi connectivity index (χ0) is 45.1. The maximum Gasteiger partial charge on any atom is 0.409 e. The molecule has 332 valence electrons. The molecule has 0 spiro atoms. The number of hydrogen-bond acceptors (Lipinski definition) is 9. The Labute approximate surface area is 376 Å². The third-order valence-electron chi connectivity index (χ3n) is 11.4. The van der Waals surface area contributed by atoms with E-state index in [1.165, 1.54) is 24.1 Å². The van der Waals surface area contributed by atoms with Gasteiger partial charge in [0.1, 0.15) is 36.2 Å². The normalized spacial score (nSPS) is 13.9. The van der Waals surface area contributed by atoms with Crippen LogP contribution in [0.3, 0.4) is 0 Å². The van der Waals surface area contributed by atoms with Gasteiger partial charge in [-0.3, -0.25) is 4.79 Å². The first-order chi connectivity index (χ1) is 30.7. The van der Waals surface area contributed by atoms with E-state index < -0.39 is 17.8 Å². The summed E-state index contributed by atoms with van der Waals surface area (Å²) in [7, 11) is 1.53. The number of likely N-dealkylation sites (N-methyl/N-ethyl adjacent to an activating group) is 1. The van der Waals surface area contributed by atoms with Crippen molar-refractivity contribution < 1.29 is 28.2 Å². The maximum atomic E-state index is 15.1. The predicted molar refractivity (Wildman–Crippen MR) is 248 cm³/mol. The number of nitrogens with zero attached hydrogens (tertiary/aromatic N) is 4. The summed E-state index contributed by atoms with van der Waals surface area (Å²) in [4.78, 5) is 55.7. The number of H-pyrrole nitrogens is 1. The maximum absolute atomic E-state index is 15.1. The Bertz CT molecular complexity index is 2640. The molecule has 0 atom stereocenters. The molecule has 0 bridgehead atoms. The fraction of sp³-hybridized carbons (Fsp3) is 0.327. The molecule has 2 aromatic heterocycles. The summed E-state index contributed by atoms with van der Waals surface area (Å²) in [6, 6.07) is 26.4. The fourth-order valence-electron chi connectivity index (χ4n) is 8.54. The fourth-order valence-corrected chi connectivity index (χ4v) is 8.71. The van der Waals surface area contributed by atoms with E-state index in [0.717, 1.165) is 39.0 Å². The van der Waals surface area contributed by atoms with Gasteiger partial charge >= 0.3 is 12.2 Å². The highest BCUT2D eigenvalue weighted by atomic mass is 35.5. The molecular formula is C49H52ClFN8O5. The molecule has 64 heavy (non-hydrogen) atoms. The minimum Gasteiger partial charge on any atom is -0.448 e. The Morgan fingerprint density at radius 1 is 0.938 bits per heavy atom. The van der Waals surface area contributed by atoms with Crippen molar-refractivity contribution in [1.82, 2.24) is 30.5 Å². The van der Waals surface area contributed by atoms with Gasteiger partial charge in [-0.2, -0.15) is 0 Å². The lowest BCUT2D eigenvalue weighted by Gasteiger charge is -2.36. The molecule has 4 N–H and O–H groups in total. The zero-order valence-corrected chi connectivity index (χ0v) is 37.3. The number of alkyl carbamates (subject to hydrolysis) is 1. The van der Waals surface area contributed by atoms with E-state index in [1.807, 2.05) is 64.1 Å². The van der Waals surface area contributed by atoms with Gasteiger partial charge in [-0.1, -0.05) is 66.2 Å². The second kappa shape index (κ2) is 18.6. The number of carbonyl (C=O) groups is 3. The lowest BCUT2D eigenvalue weighted by Crippen LogP contribution is -2.46. The standard InChI is InChI=1S/C49H52ClFN8O5/c1-29-22-30(24-32(51)23-29)38-26-54-45(53-19-18-52-42(60)27-58(5)48(62)63-28-39-36-12-8-6-10-34(36)35-11-7-9-13-37(35)39)43(46-56-40-15-14-31(50)25-41(40)57-46)44(38)59-20-16-33(17-21-59)55-47(61)64-49(2,3)4/h6-15,22-26,33,39H,16-21,27-28H2,1-5H3,(H,52,60)(H,53,54)(H,55,61)(H,56,57). The highest BCUT2D eigenvalue weighted by Crippen LogP contribution is 2.46. The number of halogens is 2. The SMILES string of the molecule is Cc1cc(F)cc(-c2cnc(NCCNC(=O)CN(C)C(=O)OCC3c4ccccc4-c4ccccc43)c(-c3nc4ccc(Cl)cc4[nH]3)c2N2CCC(NC(=O)OC(C)(C)C)CC2)c1. The number of rotatable bonds is 12. The van der Waals surface area contributed by atoms with Crippen LogP contribution in [0.1, 0.15) is 56.2 Å². The molecular weight excluding hydrogens is 835 g/mol. The molecule has 1 saturated heterocycles. The number of hydrogen-bond donors (Lipinski definition) is 4. The van der Waals surface area contributed by atoms with E-state index in [-0.39, 0.29) is 49.9 Å². The van der Waals surface area contributed by atoms with Gasteiger partial charge in [-0.15, -0.1) is 0 Å². The molecule has 0 unspecified atom stereocenters. The molecule has 6 aromatic rings. The summed E-state index contributed by atoms with van der Waals surface area (Å²) in [6.45, 7) is 8.86. The first kappa shape index (κ1) is 44.0. The molecule has 3 heterocycles.